The molecule has 0 N–H and O–H groups in total. The van der Waals surface area contributed by atoms with Gasteiger partial charge in [-0.25, -0.2) is 0 Å². The van der Waals surface area contributed by atoms with Gasteiger partial charge >= 0.3 is 0 Å². The Labute approximate surface area is 149 Å². The van der Waals surface area contributed by atoms with E-state index in [4.69, 9.17) is 4.74 Å². The van der Waals surface area contributed by atoms with Gasteiger partial charge in [-0.3, -0.25) is 4.79 Å². The number of carbonyl (C=O) groups is 1. The van der Waals surface area contributed by atoms with E-state index in [2.05, 4.69) is 34.3 Å². The molecule has 0 radical (unpaired) electrons. The second-order valence-electron chi connectivity index (χ2n) is 5.72. The van der Waals surface area contributed by atoms with Gasteiger partial charge in [-0.2, -0.15) is 0 Å². The van der Waals surface area contributed by atoms with Crippen LogP contribution >= 0.6 is 27.3 Å². The Morgan fingerprint density at radius 3 is 2.83 bits per heavy atom. The molecule has 0 saturated carbocycles. The highest BCUT2D eigenvalue weighted by Gasteiger charge is 2.33. The quantitative estimate of drug-likeness (QED) is 0.745. The van der Waals surface area contributed by atoms with Gasteiger partial charge in [0.25, 0.3) is 5.91 Å². The van der Waals surface area contributed by atoms with Crippen LogP contribution in [0.5, 0.6) is 5.75 Å². The van der Waals surface area contributed by atoms with E-state index in [1.807, 2.05) is 36.1 Å². The van der Waals surface area contributed by atoms with E-state index in [1.54, 1.807) is 11.3 Å². The lowest BCUT2D eigenvalue weighted by Crippen LogP contribution is -2.45. The van der Waals surface area contributed by atoms with Crippen molar-refractivity contribution in [3.05, 3.63) is 50.6 Å². The van der Waals surface area contributed by atoms with Gasteiger partial charge in [-0.15, -0.1) is 11.3 Å². The molecule has 0 aliphatic carbocycles. The number of hydrogen-bond acceptors (Lipinski definition) is 3. The van der Waals surface area contributed by atoms with Crippen LogP contribution in [0.25, 0.3) is 0 Å². The Morgan fingerprint density at radius 1 is 1.39 bits per heavy atom. The molecule has 2 heterocycles. The van der Waals surface area contributed by atoms with Crippen molar-refractivity contribution in [3.63, 3.8) is 0 Å². The average molecular weight is 394 g/mol. The minimum absolute atomic E-state index is 0.0663. The Hall–Kier alpha value is -1.33. The average Bonchev–Trinajstić information content (AvgIpc) is 3.04. The van der Waals surface area contributed by atoms with Gasteiger partial charge in [0.15, 0.2) is 6.10 Å². The first-order chi connectivity index (χ1) is 11.1. The first-order valence-electron chi connectivity index (χ1n) is 7.89. The summed E-state index contributed by atoms with van der Waals surface area (Å²) in [6, 6.07) is 9.91. The summed E-state index contributed by atoms with van der Waals surface area (Å²) >= 11 is 5.20. The molecule has 23 heavy (non-hydrogen) atoms. The highest BCUT2D eigenvalue weighted by atomic mass is 79.9. The Balaban J connectivity index is 1.73. The minimum atomic E-state index is -0.481. The lowest BCUT2D eigenvalue weighted by molar-refractivity contribution is -0.141. The van der Waals surface area contributed by atoms with Crippen molar-refractivity contribution in [2.24, 2.45) is 0 Å². The van der Waals surface area contributed by atoms with Crippen LogP contribution < -0.4 is 4.74 Å². The molecule has 1 amide bonds. The monoisotopic (exact) mass is 393 g/mol. The molecule has 5 heteroatoms. The summed E-state index contributed by atoms with van der Waals surface area (Å²) in [6.07, 6.45) is 1.39. The zero-order chi connectivity index (χ0) is 16.4. The molecule has 3 rings (SSSR count). The molecule has 2 atom stereocenters. The van der Waals surface area contributed by atoms with Crippen molar-refractivity contribution in [1.29, 1.82) is 0 Å². The van der Waals surface area contributed by atoms with Crippen LogP contribution in [0.2, 0.25) is 0 Å². The number of nitrogens with zero attached hydrogens (tertiary/aromatic N) is 1. The summed E-state index contributed by atoms with van der Waals surface area (Å²) in [6.45, 7) is 4.75. The highest BCUT2D eigenvalue weighted by molar-refractivity contribution is 9.10. The van der Waals surface area contributed by atoms with Gasteiger partial charge < -0.3 is 9.64 Å². The third-order valence-corrected chi connectivity index (χ3v) is 5.76. The predicted molar refractivity (Wildman–Crippen MR) is 97.0 cm³/mol. The zero-order valence-electron chi connectivity index (χ0n) is 13.3. The fraction of sp³-hybridized carbons (Fsp3) is 0.389. The van der Waals surface area contributed by atoms with E-state index < -0.39 is 6.10 Å². The summed E-state index contributed by atoms with van der Waals surface area (Å²) < 4.78 is 6.83. The number of rotatable bonds is 4. The van der Waals surface area contributed by atoms with Crippen LogP contribution in [0, 0.1) is 0 Å². The van der Waals surface area contributed by atoms with Gasteiger partial charge in [0.05, 0.1) is 6.04 Å². The maximum atomic E-state index is 12.9. The molecule has 1 aliphatic rings. The number of thiophene rings is 1. The molecular formula is C18H20BrNO2S. The molecule has 1 aliphatic heterocycles. The van der Waals surface area contributed by atoms with Crippen LogP contribution in [-0.2, 0) is 11.2 Å². The van der Waals surface area contributed by atoms with Crippen molar-refractivity contribution in [2.75, 3.05) is 6.54 Å². The van der Waals surface area contributed by atoms with Crippen LogP contribution in [0.1, 0.15) is 36.8 Å². The third-order valence-electron chi connectivity index (χ3n) is 4.24. The lowest BCUT2D eigenvalue weighted by Gasteiger charge is -2.36. The normalized spacial score (nSPS) is 18.4. The van der Waals surface area contributed by atoms with Crippen LogP contribution in [-0.4, -0.2) is 23.5 Å². The number of hydrogen-bond donors (Lipinski definition) is 0. The number of benzene rings is 1. The summed E-state index contributed by atoms with van der Waals surface area (Å²) in [7, 11) is 0. The van der Waals surface area contributed by atoms with E-state index in [0.717, 1.165) is 29.6 Å². The number of ether oxygens (including phenoxy) is 1. The molecule has 0 spiro atoms. The van der Waals surface area contributed by atoms with Gasteiger partial charge in [-0.1, -0.05) is 22.9 Å². The Kier molecular flexibility index (Phi) is 5.07. The van der Waals surface area contributed by atoms with E-state index >= 15 is 0 Å². The molecule has 0 fully saturated rings. The second-order valence-corrected chi connectivity index (χ2v) is 7.64. The van der Waals surface area contributed by atoms with Crippen LogP contribution in [0.4, 0.5) is 0 Å². The molecule has 3 nitrogen and oxygen atoms in total. The van der Waals surface area contributed by atoms with Gasteiger partial charge in [0.1, 0.15) is 5.75 Å². The van der Waals surface area contributed by atoms with Gasteiger partial charge in [0, 0.05) is 15.9 Å². The smallest absolute Gasteiger partial charge is 0.263 e. The number of carbonyl (C=O) groups excluding carboxylic acids is 1. The Bertz CT molecular complexity index is 683. The fourth-order valence-corrected chi connectivity index (χ4v) is 4.29. The highest BCUT2D eigenvalue weighted by Crippen LogP contribution is 2.35. The van der Waals surface area contributed by atoms with E-state index in [0.29, 0.717) is 0 Å². The fourth-order valence-electron chi connectivity index (χ4n) is 3.10. The molecule has 0 bridgehead atoms. The Morgan fingerprint density at radius 2 is 2.13 bits per heavy atom. The largest absolute Gasteiger partial charge is 0.481 e. The van der Waals surface area contributed by atoms with Crippen molar-refractivity contribution in [3.8, 4) is 5.75 Å². The summed E-state index contributed by atoms with van der Waals surface area (Å²) in [5, 5.41) is 2.13. The standard InChI is InChI=1S/C18H20BrNO2S/c1-3-16-15-9-11-23-17(15)8-10-20(16)18(21)12(2)22-14-6-4-13(19)5-7-14/h4-7,9,11-12,16H,3,8,10H2,1-2H3. The minimum Gasteiger partial charge on any atom is -0.481 e. The van der Waals surface area contributed by atoms with E-state index in [1.165, 1.54) is 10.4 Å². The molecular weight excluding hydrogens is 374 g/mol. The lowest BCUT2D eigenvalue weighted by atomic mass is 9.97. The second kappa shape index (κ2) is 7.05. The topological polar surface area (TPSA) is 29.5 Å². The molecule has 1 aromatic heterocycles. The SMILES string of the molecule is CCC1c2ccsc2CCN1C(=O)C(C)Oc1ccc(Br)cc1. The molecule has 0 saturated heterocycles. The zero-order valence-corrected chi connectivity index (χ0v) is 15.7. The van der Waals surface area contributed by atoms with Gasteiger partial charge in [-0.05, 0) is 61.0 Å². The van der Waals surface area contributed by atoms with E-state index in [-0.39, 0.29) is 11.9 Å². The van der Waals surface area contributed by atoms with Crippen molar-refractivity contribution >= 4 is 33.2 Å². The van der Waals surface area contributed by atoms with Crippen molar-refractivity contribution in [2.45, 2.75) is 38.8 Å². The first kappa shape index (κ1) is 16.5. The van der Waals surface area contributed by atoms with E-state index in [9.17, 15) is 4.79 Å². The predicted octanol–water partition coefficient (Wildman–Crippen LogP) is 4.81. The number of amides is 1. The van der Waals surface area contributed by atoms with Crippen LogP contribution in [0.3, 0.4) is 0 Å². The first-order valence-corrected chi connectivity index (χ1v) is 9.56. The molecule has 1 aromatic carbocycles. The summed E-state index contributed by atoms with van der Waals surface area (Å²) in [5.41, 5.74) is 1.31. The maximum absolute atomic E-state index is 12.9. The summed E-state index contributed by atoms with van der Waals surface area (Å²) in [5.74, 6) is 0.784. The summed E-state index contributed by atoms with van der Waals surface area (Å²) in [4.78, 5) is 16.3. The third kappa shape index (κ3) is 3.45. The molecule has 2 aromatic rings. The maximum Gasteiger partial charge on any atom is 0.263 e. The van der Waals surface area contributed by atoms with Crippen molar-refractivity contribution < 1.29 is 9.53 Å². The van der Waals surface area contributed by atoms with Crippen LogP contribution in [0.15, 0.2) is 40.2 Å². The molecule has 2 unspecified atom stereocenters. The number of fused-ring (bicyclic) bond motifs is 1. The van der Waals surface area contributed by atoms with Gasteiger partial charge in [0.2, 0.25) is 0 Å². The molecule has 122 valence electrons. The number of halogens is 1. The van der Waals surface area contributed by atoms with Crippen molar-refractivity contribution in [1.82, 2.24) is 4.90 Å².